The number of para-hydroxylation sites is 2. The van der Waals surface area contributed by atoms with E-state index in [9.17, 15) is 4.79 Å². The number of carbonyl (C=O) groups is 1. The van der Waals surface area contributed by atoms with Gasteiger partial charge in [-0.2, -0.15) is 5.10 Å². The smallest absolute Gasteiger partial charge is 0.284 e. The zero-order valence-electron chi connectivity index (χ0n) is 12.0. The number of rotatable bonds is 3. The Hall–Kier alpha value is -2.89. The summed E-state index contributed by atoms with van der Waals surface area (Å²) < 4.78 is 11.1. The van der Waals surface area contributed by atoms with Crippen molar-refractivity contribution in [3.05, 3.63) is 54.4 Å². The van der Waals surface area contributed by atoms with Crippen LogP contribution in [0, 0.1) is 0 Å². The highest BCUT2D eigenvalue weighted by atomic mass is 16.6. The van der Waals surface area contributed by atoms with Gasteiger partial charge in [-0.15, -0.1) is 0 Å². The molecule has 0 unspecified atom stereocenters. The number of amides is 1. The number of pyridine rings is 1. The molecule has 112 valence electrons. The molecule has 0 radical (unpaired) electrons. The van der Waals surface area contributed by atoms with Crippen LogP contribution in [-0.2, 0) is 4.79 Å². The van der Waals surface area contributed by atoms with Crippen molar-refractivity contribution in [1.29, 1.82) is 0 Å². The van der Waals surface area contributed by atoms with Gasteiger partial charge in [0.1, 0.15) is 6.61 Å². The van der Waals surface area contributed by atoms with Crippen LogP contribution in [0.1, 0.15) is 12.6 Å². The second-order valence-corrected chi connectivity index (χ2v) is 4.75. The van der Waals surface area contributed by atoms with Gasteiger partial charge < -0.3 is 9.47 Å². The quantitative estimate of drug-likeness (QED) is 0.692. The number of hydrogen-bond donors (Lipinski definition) is 1. The predicted octanol–water partition coefficient (Wildman–Crippen LogP) is 1.76. The Morgan fingerprint density at radius 3 is 2.77 bits per heavy atom. The molecule has 1 aliphatic heterocycles. The third-order valence-corrected chi connectivity index (χ3v) is 3.17. The van der Waals surface area contributed by atoms with E-state index in [1.807, 2.05) is 30.3 Å². The SMILES string of the molecule is C/C(=N/NC(=O)[C@@H]1COc2ccccc2O1)c1ccccn1. The van der Waals surface area contributed by atoms with Crippen LogP contribution in [0.4, 0.5) is 0 Å². The number of nitrogens with zero attached hydrogens (tertiary/aromatic N) is 2. The normalized spacial score (nSPS) is 17.0. The zero-order valence-corrected chi connectivity index (χ0v) is 12.0. The van der Waals surface area contributed by atoms with Gasteiger partial charge in [-0.3, -0.25) is 9.78 Å². The second-order valence-electron chi connectivity index (χ2n) is 4.75. The molecule has 0 bridgehead atoms. The molecule has 0 aliphatic carbocycles. The van der Waals surface area contributed by atoms with Crippen LogP contribution in [0.5, 0.6) is 11.5 Å². The fourth-order valence-corrected chi connectivity index (χ4v) is 1.99. The summed E-state index contributed by atoms with van der Waals surface area (Å²) in [4.78, 5) is 16.3. The van der Waals surface area contributed by atoms with Crippen molar-refractivity contribution in [3.8, 4) is 11.5 Å². The largest absolute Gasteiger partial charge is 0.485 e. The predicted molar refractivity (Wildman–Crippen MR) is 80.9 cm³/mol. The van der Waals surface area contributed by atoms with E-state index >= 15 is 0 Å². The van der Waals surface area contributed by atoms with Gasteiger partial charge in [0.15, 0.2) is 11.5 Å². The average molecular weight is 297 g/mol. The van der Waals surface area contributed by atoms with E-state index < -0.39 is 6.10 Å². The minimum absolute atomic E-state index is 0.154. The molecule has 2 aromatic rings. The van der Waals surface area contributed by atoms with Gasteiger partial charge in [-0.05, 0) is 31.2 Å². The molecule has 22 heavy (non-hydrogen) atoms. The van der Waals surface area contributed by atoms with Crippen molar-refractivity contribution in [2.24, 2.45) is 5.10 Å². The van der Waals surface area contributed by atoms with E-state index in [4.69, 9.17) is 9.47 Å². The monoisotopic (exact) mass is 297 g/mol. The van der Waals surface area contributed by atoms with Gasteiger partial charge >= 0.3 is 0 Å². The second kappa shape index (κ2) is 6.26. The molecule has 0 saturated heterocycles. The summed E-state index contributed by atoms with van der Waals surface area (Å²) in [6, 6.07) is 12.7. The average Bonchev–Trinajstić information content (AvgIpc) is 2.59. The molecule has 1 amide bonds. The van der Waals surface area contributed by atoms with E-state index in [-0.39, 0.29) is 12.5 Å². The van der Waals surface area contributed by atoms with E-state index in [0.29, 0.717) is 22.9 Å². The first-order valence-corrected chi connectivity index (χ1v) is 6.88. The first kappa shape index (κ1) is 14.1. The topological polar surface area (TPSA) is 72.8 Å². The number of aromatic nitrogens is 1. The molecule has 0 fully saturated rings. The lowest BCUT2D eigenvalue weighted by molar-refractivity contribution is -0.130. The van der Waals surface area contributed by atoms with E-state index in [1.54, 1.807) is 25.3 Å². The van der Waals surface area contributed by atoms with Crippen molar-refractivity contribution in [3.63, 3.8) is 0 Å². The molecule has 0 spiro atoms. The van der Waals surface area contributed by atoms with Crippen LogP contribution in [0.2, 0.25) is 0 Å². The highest BCUT2D eigenvalue weighted by Crippen LogP contribution is 2.30. The molecule has 1 N–H and O–H groups in total. The first-order valence-electron chi connectivity index (χ1n) is 6.88. The maximum Gasteiger partial charge on any atom is 0.284 e. The Morgan fingerprint density at radius 2 is 2.00 bits per heavy atom. The maximum atomic E-state index is 12.1. The Bertz CT molecular complexity index is 701. The molecule has 1 aromatic carbocycles. The molecule has 3 rings (SSSR count). The maximum absolute atomic E-state index is 12.1. The number of benzene rings is 1. The highest BCUT2D eigenvalue weighted by Gasteiger charge is 2.27. The molecule has 1 aliphatic rings. The molecule has 6 heteroatoms. The third-order valence-electron chi connectivity index (χ3n) is 3.17. The third kappa shape index (κ3) is 3.06. The molecule has 6 nitrogen and oxygen atoms in total. The minimum Gasteiger partial charge on any atom is -0.485 e. The number of nitrogens with one attached hydrogen (secondary N) is 1. The van der Waals surface area contributed by atoms with Crippen LogP contribution in [0.3, 0.4) is 0 Å². The number of hydrazone groups is 1. The van der Waals surface area contributed by atoms with Crippen molar-refractivity contribution >= 4 is 11.6 Å². The van der Waals surface area contributed by atoms with Crippen LogP contribution in [0.25, 0.3) is 0 Å². The van der Waals surface area contributed by atoms with Gasteiger partial charge in [0, 0.05) is 6.20 Å². The van der Waals surface area contributed by atoms with E-state index in [2.05, 4.69) is 15.5 Å². The zero-order chi connectivity index (χ0) is 15.4. The fourth-order valence-electron chi connectivity index (χ4n) is 1.99. The number of hydrogen-bond acceptors (Lipinski definition) is 5. The Labute approximate surface area is 127 Å². The number of ether oxygens (including phenoxy) is 2. The van der Waals surface area contributed by atoms with Gasteiger partial charge in [0.25, 0.3) is 5.91 Å². The van der Waals surface area contributed by atoms with Gasteiger partial charge in [0.05, 0.1) is 11.4 Å². The van der Waals surface area contributed by atoms with E-state index in [1.165, 1.54) is 0 Å². The van der Waals surface area contributed by atoms with Gasteiger partial charge in [-0.25, -0.2) is 5.43 Å². The molecule has 1 aromatic heterocycles. The summed E-state index contributed by atoms with van der Waals surface area (Å²) in [6.45, 7) is 1.93. The van der Waals surface area contributed by atoms with Crippen molar-refractivity contribution in [2.75, 3.05) is 6.61 Å². The van der Waals surface area contributed by atoms with Crippen LogP contribution < -0.4 is 14.9 Å². The van der Waals surface area contributed by atoms with Crippen LogP contribution >= 0.6 is 0 Å². The summed E-state index contributed by atoms with van der Waals surface area (Å²) in [5.74, 6) is 0.837. The molecular formula is C16H15N3O3. The summed E-state index contributed by atoms with van der Waals surface area (Å²) in [5, 5.41) is 4.04. The Balaban J connectivity index is 1.64. The standard InChI is InChI=1S/C16H15N3O3/c1-11(12-6-4-5-9-17-12)18-19-16(20)15-10-21-13-7-2-3-8-14(13)22-15/h2-9,15H,10H2,1H3,(H,19,20)/b18-11-/t15-/m0/s1. The lowest BCUT2D eigenvalue weighted by Crippen LogP contribution is -2.42. The van der Waals surface area contributed by atoms with E-state index in [0.717, 1.165) is 0 Å². The van der Waals surface area contributed by atoms with Crippen LogP contribution in [0.15, 0.2) is 53.8 Å². The molecule has 0 saturated carbocycles. The summed E-state index contributed by atoms with van der Waals surface area (Å²) >= 11 is 0. The summed E-state index contributed by atoms with van der Waals surface area (Å²) in [6.07, 6.45) is 0.945. The van der Waals surface area contributed by atoms with Crippen molar-refractivity contribution in [1.82, 2.24) is 10.4 Å². The van der Waals surface area contributed by atoms with Gasteiger partial charge in [-0.1, -0.05) is 18.2 Å². The first-order chi connectivity index (χ1) is 10.7. The molecule has 1 atom stereocenters. The Kier molecular flexibility index (Phi) is 4.00. The molecular weight excluding hydrogens is 282 g/mol. The van der Waals surface area contributed by atoms with Gasteiger partial charge in [0.2, 0.25) is 6.10 Å². The fraction of sp³-hybridized carbons (Fsp3) is 0.188. The number of carbonyl (C=O) groups excluding carboxylic acids is 1. The Morgan fingerprint density at radius 1 is 1.23 bits per heavy atom. The molecule has 2 heterocycles. The highest BCUT2D eigenvalue weighted by molar-refractivity contribution is 5.97. The van der Waals surface area contributed by atoms with Crippen molar-refractivity contribution < 1.29 is 14.3 Å². The summed E-state index contributed by atoms with van der Waals surface area (Å²) in [7, 11) is 0. The number of fused-ring (bicyclic) bond motifs is 1. The van der Waals surface area contributed by atoms with Crippen molar-refractivity contribution in [2.45, 2.75) is 13.0 Å². The lowest BCUT2D eigenvalue weighted by Gasteiger charge is -2.24. The summed E-state index contributed by atoms with van der Waals surface area (Å²) in [5.41, 5.74) is 3.80. The minimum atomic E-state index is -0.727. The van der Waals surface area contributed by atoms with Crippen LogP contribution in [-0.4, -0.2) is 29.3 Å². The lowest BCUT2D eigenvalue weighted by atomic mass is 10.2.